The standard InChI is InChI=1S/C25H23F3N2O4S/c26-18-3-6-22(7-4-18)35(31,32)30(21-5-8-24-25(14-21)34-16-33-24)20-9-11-29(12-10-20)15-17-1-2-19(27)13-23(17)28/h1-8,13-14,20H,9-12,15-16H2. The van der Waals surface area contributed by atoms with Crippen LogP contribution >= 0.6 is 0 Å². The first-order valence-electron chi connectivity index (χ1n) is 11.2. The number of hydrogen-bond acceptors (Lipinski definition) is 5. The Kier molecular flexibility index (Phi) is 6.33. The minimum atomic E-state index is -4.03. The third-order valence-corrected chi connectivity index (χ3v) is 8.17. The first kappa shape index (κ1) is 23.5. The van der Waals surface area contributed by atoms with Crippen LogP contribution in [-0.4, -0.2) is 39.2 Å². The Morgan fingerprint density at radius 3 is 2.26 bits per heavy atom. The van der Waals surface area contributed by atoms with Crippen LogP contribution in [0, 0.1) is 17.5 Å². The van der Waals surface area contributed by atoms with Gasteiger partial charge in [-0.1, -0.05) is 6.07 Å². The molecule has 2 heterocycles. The van der Waals surface area contributed by atoms with Crippen LogP contribution in [0.4, 0.5) is 18.9 Å². The number of likely N-dealkylation sites (tertiary alicyclic amines) is 1. The van der Waals surface area contributed by atoms with Gasteiger partial charge in [0, 0.05) is 43.4 Å². The molecule has 0 spiro atoms. The van der Waals surface area contributed by atoms with E-state index in [2.05, 4.69) is 0 Å². The van der Waals surface area contributed by atoms with Crippen molar-refractivity contribution in [3.05, 3.63) is 83.7 Å². The molecule has 3 aromatic rings. The molecular formula is C25H23F3N2O4S. The van der Waals surface area contributed by atoms with Gasteiger partial charge in [-0.15, -0.1) is 0 Å². The van der Waals surface area contributed by atoms with Crippen molar-refractivity contribution in [3.8, 4) is 11.5 Å². The number of ether oxygens (including phenoxy) is 2. The number of anilines is 1. The quantitative estimate of drug-likeness (QED) is 0.488. The number of halogens is 3. The van der Waals surface area contributed by atoms with E-state index in [9.17, 15) is 21.6 Å². The van der Waals surface area contributed by atoms with Crippen LogP contribution < -0.4 is 13.8 Å². The van der Waals surface area contributed by atoms with Gasteiger partial charge in [-0.3, -0.25) is 9.21 Å². The van der Waals surface area contributed by atoms with Gasteiger partial charge in [-0.25, -0.2) is 21.6 Å². The largest absolute Gasteiger partial charge is 0.454 e. The summed E-state index contributed by atoms with van der Waals surface area (Å²) in [6, 6.07) is 12.8. The lowest BCUT2D eigenvalue weighted by Crippen LogP contribution is -2.47. The van der Waals surface area contributed by atoms with Crippen molar-refractivity contribution in [1.82, 2.24) is 4.90 Å². The SMILES string of the molecule is O=S(=O)(c1ccc(F)cc1)N(c1ccc2c(c1)OCO2)C1CCN(Cc2ccc(F)cc2F)CC1. The van der Waals surface area contributed by atoms with Crippen molar-refractivity contribution in [2.24, 2.45) is 0 Å². The van der Waals surface area contributed by atoms with E-state index in [4.69, 9.17) is 9.47 Å². The lowest BCUT2D eigenvalue weighted by molar-refractivity contribution is 0.174. The molecule has 2 aliphatic rings. The van der Waals surface area contributed by atoms with E-state index >= 15 is 0 Å². The Bertz CT molecular complexity index is 1330. The van der Waals surface area contributed by atoms with Gasteiger partial charge in [0.15, 0.2) is 11.5 Å². The van der Waals surface area contributed by atoms with Crippen molar-refractivity contribution in [3.63, 3.8) is 0 Å². The van der Waals surface area contributed by atoms with E-state index in [1.165, 1.54) is 28.6 Å². The molecule has 0 amide bonds. The van der Waals surface area contributed by atoms with Crippen LogP contribution in [-0.2, 0) is 16.6 Å². The molecule has 0 radical (unpaired) electrons. The number of sulfonamides is 1. The van der Waals surface area contributed by atoms with Crippen LogP contribution in [0.5, 0.6) is 11.5 Å². The predicted molar refractivity (Wildman–Crippen MR) is 123 cm³/mol. The molecule has 1 fully saturated rings. The highest BCUT2D eigenvalue weighted by Gasteiger charge is 2.35. The summed E-state index contributed by atoms with van der Waals surface area (Å²) in [5.41, 5.74) is 0.804. The molecule has 2 aliphatic heterocycles. The molecular weight excluding hydrogens is 481 g/mol. The Morgan fingerprint density at radius 2 is 1.54 bits per heavy atom. The van der Waals surface area contributed by atoms with Gasteiger partial charge in [-0.2, -0.15) is 0 Å². The average molecular weight is 505 g/mol. The Balaban J connectivity index is 1.41. The highest BCUT2D eigenvalue weighted by atomic mass is 32.2. The maximum atomic E-state index is 14.1. The van der Waals surface area contributed by atoms with Gasteiger partial charge < -0.3 is 9.47 Å². The summed E-state index contributed by atoms with van der Waals surface area (Å²) in [6.07, 6.45) is 0.968. The van der Waals surface area contributed by atoms with E-state index in [0.29, 0.717) is 55.2 Å². The molecule has 0 saturated carbocycles. The number of nitrogens with zero attached hydrogens (tertiary/aromatic N) is 2. The summed E-state index contributed by atoms with van der Waals surface area (Å²) in [6.45, 7) is 1.39. The fraction of sp³-hybridized carbons (Fsp3) is 0.280. The first-order valence-corrected chi connectivity index (χ1v) is 12.6. The minimum absolute atomic E-state index is 0.0209. The van der Waals surface area contributed by atoms with E-state index in [1.807, 2.05) is 4.90 Å². The van der Waals surface area contributed by atoms with Gasteiger partial charge in [0.2, 0.25) is 6.79 Å². The fourth-order valence-electron chi connectivity index (χ4n) is 4.49. The highest BCUT2D eigenvalue weighted by Crippen LogP contribution is 2.39. The maximum Gasteiger partial charge on any atom is 0.264 e. The molecule has 6 nitrogen and oxygen atoms in total. The molecule has 3 aromatic carbocycles. The molecule has 0 bridgehead atoms. The van der Waals surface area contributed by atoms with E-state index in [-0.39, 0.29) is 17.7 Å². The summed E-state index contributed by atoms with van der Waals surface area (Å²) in [7, 11) is -4.03. The van der Waals surface area contributed by atoms with Gasteiger partial charge in [0.25, 0.3) is 10.0 Å². The normalized spacial score (nSPS) is 16.4. The fourth-order valence-corrected chi connectivity index (χ4v) is 6.19. The number of piperidine rings is 1. The van der Waals surface area contributed by atoms with Gasteiger partial charge in [-0.05, 0) is 55.3 Å². The molecule has 0 N–H and O–H groups in total. The Hall–Kier alpha value is -3.24. The number of rotatable bonds is 6. The Morgan fingerprint density at radius 1 is 0.857 bits per heavy atom. The van der Waals surface area contributed by atoms with Gasteiger partial charge in [0.1, 0.15) is 17.5 Å². The van der Waals surface area contributed by atoms with Crippen LogP contribution in [0.15, 0.2) is 65.6 Å². The predicted octanol–water partition coefficient (Wildman–Crippen LogP) is 4.69. The third kappa shape index (κ3) is 4.81. The monoisotopic (exact) mass is 504 g/mol. The second kappa shape index (κ2) is 9.43. The first-order chi connectivity index (χ1) is 16.8. The highest BCUT2D eigenvalue weighted by molar-refractivity contribution is 7.92. The summed E-state index contributed by atoms with van der Waals surface area (Å²) < 4.78 is 80.4. The van der Waals surface area contributed by atoms with Crippen molar-refractivity contribution >= 4 is 15.7 Å². The molecule has 5 rings (SSSR count). The molecule has 0 aromatic heterocycles. The molecule has 0 atom stereocenters. The number of fused-ring (bicyclic) bond motifs is 1. The summed E-state index contributed by atoms with van der Waals surface area (Å²) in [5, 5.41) is 0. The van der Waals surface area contributed by atoms with Crippen molar-refractivity contribution in [2.75, 3.05) is 24.2 Å². The van der Waals surface area contributed by atoms with Crippen LogP contribution in [0.2, 0.25) is 0 Å². The number of benzene rings is 3. The lowest BCUT2D eigenvalue weighted by atomic mass is 10.0. The topological polar surface area (TPSA) is 59.1 Å². The van der Waals surface area contributed by atoms with Crippen LogP contribution in [0.25, 0.3) is 0 Å². The molecule has 184 valence electrons. The van der Waals surface area contributed by atoms with Crippen LogP contribution in [0.3, 0.4) is 0 Å². The summed E-state index contributed by atoms with van der Waals surface area (Å²) in [4.78, 5) is 1.99. The van der Waals surface area contributed by atoms with Crippen molar-refractivity contribution < 1.29 is 31.1 Å². The third-order valence-electron chi connectivity index (χ3n) is 6.28. The lowest BCUT2D eigenvalue weighted by Gasteiger charge is -2.39. The van der Waals surface area contributed by atoms with E-state index < -0.39 is 27.5 Å². The molecule has 0 aliphatic carbocycles. The van der Waals surface area contributed by atoms with Crippen LogP contribution in [0.1, 0.15) is 18.4 Å². The van der Waals surface area contributed by atoms with E-state index in [1.54, 1.807) is 18.2 Å². The molecule has 1 saturated heterocycles. The van der Waals surface area contributed by atoms with Crippen molar-refractivity contribution in [2.45, 2.75) is 30.3 Å². The molecule has 35 heavy (non-hydrogen) atoms. The Labute approximate surface area is 201 Å². The second-order valence-electron chi connectivity index (χ2n) is 8.54. The van der Waals surface area contributed by atoms with Crippen molar-refractivity contribution in [1.29, 1.82) is 0 Å². The second-order valence-corrected chi connectivity index (χ2v) is 10.4. The zero-order chi connectivity index (χ0) is 24.6. The van der Waals surface area contributed by atoms with E-state index in [0.717, 1.165) is 18.2 Å². The van der Waals surface area contributed by atoms with Gasteiger partial charge >= 0.3 is 0 Å². The minimum Gasteiger partial charge on any atom is -0.454 e. The zero-order valence-corrected chi connectivity index (χ0v) is 19.5. The summed E-state index contributed by atoms with van der Waals surface area (Å²) in [5.74, 6) is -0.779. The smallest absolute Gasteiger partial charge is 0.264 e. The average Bonchev–Trinajstić information content (AvgIpc) is 3.30. The molecule has 0 unspecified atom stereocenters. The van der Waals surface area contributed by atoms with Gasteiger partial charge in [0.05, 0.1) is 10.6 Å². The number of hydrogen-bond donors (Lipinski definition) is 0. The molecule has 10 heteroatoms. The summed E-state index contributed by atoms with van der Waals surface area (Å²) >= 11 is 0. The maximum absolute atomic E-state index is 14.1. The zero-order valence-electron chi connectivity index (χ0n) is 18.7.